The average molecular weight is 435 g/mol. The second-order valence-electron chi connectivity index (χ2n) is 7.09. The fraction of sp³-hybridized carbons (Fsp3) is 0.409. The fourth-order valence-electron chi connectivity index (χ4n) is 3.04. The summed E-state index contributed by atoms with van der Waals surface area (Å²) < 4.78 is 40.0. The predicted molar refractivity (Wildman–Crippen MR) is 116 cm³/mol. The van der Waals surface area contributed by atoms with Gasteiger partial charge in [-0.1, -0.05) is 25.7 Å². The van der Waals surface area contributed by atoms with Crippen LogP contribution >= 0.6 is 0 Å². The number of nitrogens with one attached hydrogen (secondary N) is 1. The number of piperazine rings is 1. The molecule has 6 nitrogen and oxygen atoms in total. The first-order chi connectivity index (χ1) is 14.7. The Bertz CT molecular complexity index is 864. The number of amides is 1. The normalized spacial score (nSPS) is 16.1. The molecule has 1 N–H and O–H groups in total. The first-order valence-electron chi connectivity index (χ1n) is 10.1. The molecule has 1 amide bonds. The molecule has 0 spiro atoms. The third-order valence-electron chi connectivity index (χ3n) is 4.59. The number of halogens is 3. The molecule has 168 valence electrons. The highest BCUT2D eigenvalue weighted by Gasteiger charge is 2.27. The summed E-state index contributed by atoms with van der Waals surface area (Å²) in [6.07, 6.45) is 7.44. The van der Waals surface area contributed by atoms with Crippen LogP contribution in [0.1, 0.15) is 32.9 Å². The molecule has 9 heteroatoms. The highest BCUT2D eigenvalue weighted by atomic mass is 19.3. The van der Waals surface area contributed by atoms with Crippen molar-refractivity contribution in [2.45, 2.75) is 33.1 Å². The van der Waals surface area contributed by atoms with Gasteiger partial charge >= 0.3 is 0 Å². The van der Waals surface area contributed by atoms with Crippen LogP contribution in [-0.2, 0) is 10.7 Å². The first-order valence-corrected chi connectivity index (χ1v) is 10.1. The van der Waals surface area contributed by atoms with Gasteiger partial charge in [0.15, 0.2) is 11.7 Å². The van der Waals surface area contributed by atoms with Crippen molar-refractivity contribution in [1.82, 2.24) is 14.8 Å². The zero-order chi connectivity index (χ0) is 23.0. The van der Waals surface area contributed by atoms with E-state index in [-0.39, 0.29) is 5.69 Å². The molecule has 1 aromatic rings. The maximum absolute atomic E-state index is 13.4. The number of allylic oxidation sites excluding steroid dienone is 2. The van der Waals surface area contributed by atoms with Crippen molar-refractivity contribution < 1.29 is 18.0 Å². The molecule has 0 radical (unpaired) electrons. The number of carbonyl (C=O) groups is 1. The minimum Gasteiger partial charge on any atom is -0.352 e. The number of amidine groups is 1. The van der Waals surface area contributed by atoms with Gasteiger partial charge < -0.3 is 15.1 Å². The van der Waals surface area contributed by atoms with Crippen molar-refractivity contribution in [2.24, 2.45) is 4.99 Å². The summed E-state index contributed by atoms with van der Waals surface area (Å²) in [5.74, 6) is -4.05. The van der Waals surface area contributed by atoms with Crippen LogP contribution in [0.5, 0.6) is 0 Å². The number of hydrogen-bond acceptors (Lipinski definition) is 4. The van der Waals surface area contributed by atoms with E-state index in [1.807, 2.05) is 24.8 Å². The molecule has 0 saturated carbocycles. The smallest absolute Gasteiger partial charge is 0.286 e. The van der Waals surface area contributed by atoms with Crippen LogP contribution in [0.2, 0.25) is 0 Å². The highest BCUT2D eigenvalue weighted by Crippen LogP contribution is 2.26. The Hall–Kier alpha value is -3.10. The maximum Gasteiger partial charge on any atom is 0.286 e. The molecule has 2 rings (SSSR count). The molecule has 0 unspecified atom stereocenters. The molecule has 31 heavy (non-hydrogen) atoms. The molecule has 0 atom stereocenters. The molecule has 2 heterocycles. The van der Waals surface area contributed by atoms with E-state index in [9.17, 15) is 18.0 Å². The molecule has 1 aliphatic rings. The number of rotatable bonds is 7. The number of hydrogen-bond donors (Lipinski definition) is 1. The second-order valence-corrected chi connectivity index (χ2v) is 7.09. The summed E-state index contributed by atoms with van der Waals surface area (Å²) in [5, 5.41) is 3.21. The molecule has 0 aliphatic carbocycles. The van der Waals surface area contributed by atoms with Crippen LogP contribution in [0.25, 0.3) is 0 Å². The standard InChI is InChI=1S/C22H28F3N5O/c1-5-7-18(28-17-8-9-19(27-15-17)22(4,24)25)20(26-10-6-2)29-11-13-30(14-12-29)21(31)16(3)23/h6-10,15,28H,3,5,11-14H2,1-2,4H3/b10-6-,18-7-,26-20-. The molecular formula is C22H28F3N5O. The highest BCUT2D eigenvalue weighted by molar-refractivity contribution is 6.01. The Labute approximate surface area is 180 Å². The van der Waals surface area contributed by atoms with Crippen molar-refractivity contribution in [3.63, 3.8) is 0 Å². The molecule has 1 aliphatic heterocycles. The third kappa shape index (κ3) is 6.70. The lowest BCUT2D eigenvalue weighted by atomic mass is 10.2. The summed E-state index contributed by atoms with van der Waals surface area (Å²) in [6, 6.07) is 2.82. The van der Waals surface area contributed by atoms with Crippen molar-refractivity contribution in [3.8, 4) is 0 Å². The van der Waals surface area contributed by atoms with E-state index in [4.69, 9.17) is 0 Å². The lowest BCUT2D eigenvalue weighted by Crippen LogP contribution is -2.51. The Kier molecular flexibility index (Phi) is 8.41. The molecule has 0 aromatic carbocycles. The van der Waals surface area contributed by atoms with Crippen LogP contribution in [0, 0.1) is 0 Å². The summed E-state index contributed by atoms with van der Waals surface area (Å²) in [6.45, 7) is 9.26. The van der Waals surface area contributed by atoms with Gasteiger partial charge in [0, 0.05) is 39.3 Å². The number of alkyl halides is 2. The summed E-state index contributed by atoms with van der Waals surface area (Å²) in [4.78, 5) is 23.6. The Balaban J connectivity index is 2.23. The number of aromatic nitrogens is 1. The summed E-state index contributed by atoms with van der Waals surface area (Å²) in [7, 11) is 0. The third-order valence-corrected chi connectivity index (χ3v) is 4.59. The zero-order valence-electron chi connectivity index (χ0n) is 18.0. The molecule has 1 fully saturated rings. The predicted octanol–water partition coefficient (Wildman–Crippen LogP) is 4.46. The fourth-order valence-corrected chi connectivity index (χ4v) is 3.04. The van der Waals surface area contributed by atoms with Crippen molar-refractivity contribution in [2.75, 3.05) is 31.5 Å². The lowest BCUT2D eigenvalue weighted by molar-refractivity contribution is -0.129. The number of aliphatic imine (C=N–C) groups is 1. The van der Waals surface area contributed by atoms with Gasteiger partial charge in [0.25, 0.3) is 11.8 Å². The molecule has 1 aromatic heterocycles. The van der Waals surface area contributed by atoms with Crippen molar-refractivity contribution in [1.29, 1.82) is 0 Å². The van der Waals surface area contributed by atoms with E-state index in [1.54, 1.807) is 18.3 Å². The van der Waals surface area contributed by atoms with E-state index >= 15 is 0 Å². The Morgan fingerprint density at radius 1 is 1.29 bits per heavy atom. The topological polar surface area (TPSA) is 60.8 Å². The van der Waals surface area contributed by atoms with E-state index in [1.165, 1.54) is 17.2 Å². The van der Waals surface area contributed by atoms with Crippen LogP contribution < -0.4 is 5.32 Å². The van der Waals surface area contributed by atoms with Gasteiger partial charge in [-0.2, -0.15) is 8.78 Å². The molecule has 1 saturated heterocycles. The lowest BCUT2D eigenvalue weighted by Gasteiger charge is -2.36. The van der Waals surface area contributed by atoms with Gasteiger partial charge in [0.1, 0.15) is 5.69 Å². The number of pyridine rings is 1. The number of carbonyl (C=O) groups excluding carboxylic acids is 1. The van der Waals surface area contributed by atoms with E-state index < -0.39 is 17.7 Å². The number of anilines is 1. The van der Waals surface area contributed by atoms with E-state index in [2.05, 4.69) is 21.9 Å². The zero-order valence-corrected chi connectivity index (χ0v) is 18.0. The van der Waals surface area contributed by atoms with Gasteiger partial charge in [0.2, 0.25) is 0 Å². The van der Waals surface area contributed by atoms with Crippen LogP contribution in [0.3, 0.4) is 0 Å². The van der Waals surface area contributed by atoms with Gasteiger partial charge in [0.05, 0.1) is 17.6 Å². The van der Waals surface area contributed by atoms with Gasteiger partial charge in [-0.3, -0.25) is 9.78 Å². The van der Waals surface area contributed by atoms with Gasteiger partial charge in [-0.15, -0.1) is 0 Å². The van der Waals surface area contributed by atoms with Crippen LogP contribution in [0.15, 0.2) is 59.8 Å². The van der Waals surface area contributed by atoms with Crippen molar-refractivity contribution in [3.05, 3.63) is 60.5 Å². The molecule has 0 bridgehead atoms. The summed E-state index contributed by atoms with van der Waals surface area (Å²) >= 11 is 0. The van der Waals surface area contributed by atoms with Crippen LogP contribution in [-0.4, -0.2) is 52.7 Å². The average Bonchev–Trinajstić information content (AvgIpc) is 2.73. The minimum absolute atomic E-state index is 0.308. The van der Waals surface area contributed by atoms with Crippen molar-refractivity contribution >= 4 is 17.4 Å². The van der Waals surface area contributed by atoms with E-state index in [0.29, 0.717) is 49.8 Å². The largest absolute Gasteiger partial charge is 0.352 e. The van der Waals surface area contributed by atoms with Gasteiger partial charge in [-0.05, 0) is 25.5 Å². The number of nitrogens with zero attached hydrogens (tertiary/aromatic N) is 4. The molecular weight excluding hydrogens is 407 g/mol. The summed E-state index contributed by atoms with van der Waals surface area (Å²) in [5.41, 5.74) is 0.925. The van der Waals surface area contributed by atoms with E-state index in [0.717, 1.165) is 6.92 Å². The first kappa shape index (κ1) is 24.2. The Morgan fingerprint density at radius 2 is 1.94 bits per heavy atom. The maximum atomic E-state index is 13.4. The van der Waals surface area contributed by atoms with Crippen LogP contribution in [0.4, 0.5) is 18.9 Å². The monoisotopic (exact) mass is 435 g/mol. The Morgan fingerprint density at radius 3 is 2.42 bits per heavy atom. The van der Waals surface area contributed by atoms with Gasteiger partial charge in [-0.25, -0.2) is 9.38 Å². The minimum atomic E-state index is -3.01. The quantitative estimate of drug-likeness (QED) is 0.390. The second kappa shape index (κ2) is 10.8. The SMILES string of the molecule is C=C(F)C(=O)N1CCN(C(=N\C=C/C)/C(=C/CC)Nc2ccc(C(C)(F)F)nc2)CC1.